The fourth-order valence-electron chi connectivity index (χ4n) is 2.74. The van der Waals surface area contributed by atoms with Crippen molar-refractivity contribution in [3.8, 4) is 0 Å². The van der Waals surface area contributed by atoms with Crippen LogP contribution in [0.1, 0.15) is 31.0 Å². The van der Waals surface area contributed by atoms with E-state index in [1.54, 1.807) is 6.20 Å². The molecule has 0 amide bonds. The van der Waals surface area contributed by atoms with Gasteiger partial charge in [0.05, 0.1) is 17.1 Å². The number of hydrogen-bond donors (Lipinski definition) is 2. The Morgan fingerprint density at radius 2 is 2.19 bits per heavy atom. The molecular weight excluding hydrogens is 262 g/mol. The molecule has 2 N–H and O–H groups in total. The van der Waals surface area contributed by atoms with E-state index >= 15 is 0 Å². The van der Waals surface area contributed by atoms with Crippen LogP contribution in [0.3, 0.4) is 0 Å². The van der Waals surface area contributed by atoms with Gasteiger partial charge in [0.15, 0.2) is 0 Å². The van der Waals surface area contributed by atoms with Crippen LogP contribution in [0.4, 0.5) is 0 Å². The summed E-state index contributed by atoms with van der Waals surface area (Å²) in [6.07, 6.45) is 5.56. The molecule has 0 aliphatic carbocycles. The Balaban J connectivity index is 1.97. The Morgan fingerprint density at radius 3 is 2.90 bits per heavy atom. The Morgan fingerprint density at radius 1 is 1.33 bits per heavy atom. The summed E-state index contributed by atoms with van der Waals surface area (Å²) in [5.41, 5.74) is 2.28. The Labute approximate surface area is 124 Å². The zero-order valence-corrected chi connectivity index (χ0v) is 12.5. The van der Waals surface area contributed by atoms with E-state index in [1.165, 1.54) is 5.52 Å². The molecule has 1 atom stereocenters. The van der Waals surface area contributed by atoms with Gasteiger partial charge < -0.3 is 14.9 Å². The summed E-state index contributed by atoms with van der Waals surface area (Å²) in [6.45, 7) is 3.19. The molecule has 0 saturated carbocycles. The number of rotatable bonds is 6. The molecule has 5 heteroatoms. The van der Waals surface area contributed by atoms with E-state index < -0.39 is 0 Å². The maximum Gasteiger partial charge on any atom is 0.123 e. The summed E-state index contributed by atoms with van der Waals surface area (Å²) < 4.78 is 2.32. The molecule has 0 aliphatic rings. The summed E-state index contributed by atoms with van der Waals surface area (Å²) in [6, 6.07) is 8.47. The summed E-state index contributed by atoms with van der Waals surface area (Å²) in [4.78, 5) is 12.4. The number of likely N-dealkylation sites (N-methyl/N-ethyl adjacent to an activating group) is 1. The fourth-order valence-corrected chi connectivity index (χ4v) is 2.74. The van der Waals surface area contributed by atoms with Crippen LogP contribution < -0.4 is 5.32 Å². The number of aromatic nitrogens is 4. The highest BCUT2D eigenvalue weighted by Gasteiger charge is 2.17. The van der Waals surface area contributed by atoms with Gasteiger partial charge in [0, 0.05) is 25.4 Å². The molecule has 21 heavy (non-hydrogen) atoms. The van der Waals surface area contributed by atoms with Gasteiger partial charge in [-0.1, -0.05) is 19.1 Å². The molecule has 0 fully saturated rings. The van der Waals surface area contributed by atoms with Gasteiger partial charge in [-0.2, -0.15) is 0 Å². The van der Waals surface area contributed by atoms with Crippen molar-refractivity contribution < 1.29 is 0 Å². The third kappa shape index (κ3) is 2.69. The number of aryl methyl sites for hydroxylation is 1. The number of H-pyrrole nitrogens is 1. The van der Waals surface area contributed by atoms with E-state index in [9.17, 15) is 0 Å². The average Bonchev–Trinajstić information content (AvgIpc) is 3.14. The maximum absolute atomic E-state index is 4.81. The quantitative estimate of drug-likeness (QED) is 0.731. The average molecular weight is 283 g/mol. The molecule has 0 aliphatic heterocycles. The van der Waals surface area contributed by atoms with Gasteiger partial charge >= 0.3 is 0 Å². The molecule has 3 aromatic rings. The summed E-state index contributed by atoms with van der Waals surface area (Å²) in [5, 5.41) is 3.32. The third-order valence-corrected chi connectivity index (χ3v) is 3.77. The lowest BCUT2D eigenvalue weighted by atomic mass is 10.2. The lowest BCUT2D eigenvalue weighted by Gasteiger charge is -2.15. The first kappa shape index (κ1) is 13.8. The molecule has 1 aromatic carbocycles. The maximum atomic E-state index is 4.81. The summed E-state index contributed by atoms with van der Waals surface area (Å²) in [7, 11) is 1.96. The molecule has 0 spiro atoms. The van der Waals surface area contributed by atoms with Crippen LogP contribution in [0.2, 0.25) is 0 Å². The van der Waals surface area contributed by atoms with Gasteiger partial charge in [0.1, 0.15) is 11.6 Å². The second-order valence-electron chi connectivity index (χ2n) is 5.19. The van der Waals surface area contributed by atoms with Gasteiger partial charge in [-0.25, -0.2) is 9.97 Å². The zero-order chi connectivity index (χ0) is 14.7. The first-order chi connectivity index (χ1) is 10.3. The second-order valence-corrected chi connectivity index (χ2v) is 5.19. The minimum Gasteiger partial charge on any atom is -0.347 e. The van der Waals surface area contributed by atoms with E-state index in [1.807, 2.05) is 19.3 Å². The second kappa shape index (κ2) is 6.10. The van der Waals surface area contributed by atoms with Crippen molar-refractivity contribution in [2.24, 2.45) is 0 Å². The standard InChI is InChI=1S/C16H21N5/c1-3-10-21-14-7-5-4-6-12(14)20-15(21)11-13(17-2)16-18-8-9-19-16/h4-9,13,17H,3,10-11H2,1-2H3,(H,18,19). The summed E-state index contributed by atoms with van der Waals surface area (Å²) in [5.74, 6) is 2.06. The van der Waals surface area contributed by atoms with Gasteiger partial charge in [-0.05, 0) is 25.6 Å². The number of nitrogens with zero attached hydrogens (tertiary/aromatic N) is 3. The number of aromatic amines is 1. The first-order valence-corrected chi connectivity index (χ1v) is 7.44. The SMILES string of the molecule is CCCn1c(CC(NC)c2ncc[nH]2)nc2ccccc21. The number of benzene rings is 1. The van der Waals surface area contributed by atoms with Crippen LogP contribution in [0, 0.1) is 0 Å². The fraction of sp³-hybridized carbons (Fsp3) is 0.375. The van der Waals surface area contributed by atoms with E-state index in [-0.39, 0.29) is 6.04 Å². The highest BCUT2D eigenvalue weighted by molar-refractivity contribution is 5.75. The third-order valence-electron chi connectivity index (χ3n) is 3.77. The van der Waals surface area contributed by atoms with Gasteiger partial charge in [-0.15, -0.1) is 0 Å². The number of nitrogens with one attached hydrogen (secondary N) is 2. The Hall–Kier alpha value is -2.14. The molecule has 5 nitrogen and oxygen atoms in total. The van der Waals surface area contributed by atoms with Crippen molar-refractivity contribution in [3.05, 3.63) is 48.3 Å². The van der Waals surface area contributed by atoms with Crippen LogP contribution in [0.15, 0.2) is 36.7 Å². The van der Waals surface area contributed by atoms with Crippen LogP contribution >= 0.6 is 0 Å². The van der Waals surface area contributed by atoms with Gasteiger partial charge in [0.25, 0.3) is 0 Å². The predicted octanol–water partition coefficient (Wildman–Crippen LogP) is 2.67. The van der Waals surface area contributed by atoms with Crippen LogP contribution in [0.25, 0.3) is 11.0 Å². The smallest absolute Gasteiger partial charge is 0.123 e. The number of hydrogen-bond acceptors (Lipinski definition) is 3. The molecule has 0 radical (unpaired) electrons. The molecule has 0 bridgehead atoms. The van der Waals surface area contributed by atoms with E-state index in [0.717, 1.165) is 36.6 Å². The van der Waals surface area contributed by atoms with Crippen LogP contribution in [-0.2, 0) is 13.0 Å². The first-order valence-electron chi connectivity index (χ1n) is 7.44. The number of para-hydroxylation sites is 2. The highest BCUT2D eigenvalue weighted by atomic mass is 15.1. The van der Waals surface area contributed by atoms with Gasteiger partial charge in [-0.3, -0.25) is 0 Å². The van der Waals surface area contributed by atoms with Crippen molar-refractivity contribution >= 4 is 11.0 Å². The largest absolute Gasteiger partial charge is 0.347 e. The molecule has 0 saturated heterocycles. The topological polar surface area (TPSA) is 58.5 Å². The van der Waals surface area contributed by atoms with E-state index in [4.69, 9.17) is 4.98 Å². The predicted molar refractivity (Wildman–Crippen MR) is 84.1 cm³/mol. The summed E-state index contributed by atoms with van der Waals surface area (Å²) >= 11 is 0. The van der Waals surface area contributed by atoms with Crippen molar-refractivity contribution in [1.82, 2.24) is 24.8 Å². The lowest BCUT2D eigenvalue weighted by Crippen LogP contribution is -2.22. The van der Waals surface area contributed by atoms with Crippen molar-refractivity contribution in [3.63, 3.8) is 0 Å². The zero-order valence-electron chi connectivity index (χ0n) is 12.5. The van der Waals surface area contributed by atoms with E-state index in [2.05, 4.69) is 45.0 Å². The molecule has 1 unspecified atom stereocenters. The normalized spacial score (nSPS) is 12.9. The molecule has 110 valence electrons. The van der Waals surface area contributed by atoms with E-state index in [0.29, 0.717) is 0 Å². The Bertz CT molecular complexity index is 699. The van der Waals surface area contributed by atoms with Crippen molar-refractivity contribution in [1.29, 1.82) is 0 Å². The number of fused-ring (bicyclic) bond motifs is 1. The van der Waals surface area contributed by atoms with Gasteiger partial charge in [0.2, 0.25) is 0 Å². The minimum atomic E-state index is 0.146. The highest BCUT2D eigenvalue weighted by Crippen LogP contribution is 2.21. The molecular formula is C16H21N5. The molecule has 2 aromatic heterocycles. The number of imidazole rings is 2. The Kier molecular flexibility index (Phi) is 4.01. The van der Waals surface area contributed by atoms with Crippen molar-refractivity contribution in [2.75, 3.05) is 7.05 Å². The lowest BCUT2D eigenvalue weighted by molar-refractivity contribution is 0.528. The minimum absolute atomic E-state index is 0.146. The monoisotopic (exact) mass is 283 g/mol. The molecule has 2 heterocycles. The van der Waals surface area contributed by atoms with Crippen LogP contribution in [0.5, 0.6) is 0 Å². The molecule has 3 rings (SSSR count). The van der Waals surface area contributed by atoms with Crippen molar-refractivity contribution in [2.45, 2.75) is 32.4 Å². The van der Waals surface area contributed by atoms with Crippen LogP contribution in [-0.4, -0.2) is 26.6 Å².